The highest BCUT2D eigenvalue weighted by Gasteiger charge is 2.30. The van der Waals surface area contributed by atoms with Gasteiger partial charge >= 0.3 is 6.18 Å². The molecule has 0 radical (unpaired) electrons. The van der Waals surface area contributed by atoms with Crippen LogP contribution in [0.3, 0.4) is 0 Å². The molecule has 1 saturated heterocycles. The summed E-state index contributed by atoms with van der Waals surface area (Å²) in [5.41, 5.74) is 1.18. The summed E-state index contributed by atoms with van der Waals surface area (Å²) in [6.07, 6.45) is -2.88. The van der Waals surface area contributed by atoms with Crippen molar-refractivity contribution in [3.8, 4) is 11.6 Å². The van der Waals surface area contributed by atoms with E-state index < -0.39 is 11.7 Å². The molecule has 4 rings (SSSR count). The molecule has 1 aliphatic heterocycles. The van der Waals surface area contributed by atoms with Gasteiger partial charge in [-0.3, -0.25) is 0 Å². The monoisotopic (exact) mass is 416 g/mol. The van der Waals surface area contributed by atoms with Crippen LogP contribution >= 0.6 is 0 Å². The molecule has 0 saturated carbocycles. The van der Waals surface area contributed by atoms with Gasteiger partial charge in [0.05, 0.1) is 18.8 Å². The zero-order valence-electron chi connectivity index (χ0n) is 15.9. The normalized spacial score (nSPS) is 14.4. The lowest BCUT2D eigenvalue weighted by molar-refractivity contribution is -0.137. The van der Waals surface area contributed by atoms with Crippen LogP contribution in [-0.2, 0) is 10.9 Å². The predicted octanol–water partition coefficient (Wildman–Crippen LogP) is 4.87. The van der Waals surface area contributed by atoms with E-state index in [1.54, 1.807) is 0 Å². The second-order valence-electron chi connectivity index (χ2n) is 6.61. The largest absolute Gasteiger partial charge is 0.439 e. The van der Waals surface area contributed by atoms with Crippen molar-refractivity contribution in [3.05, 3.63) is 66.4 Å². The van der Waals surface area contributed by atoms with Gasteiger partial charge in [0.2, 0.25) is 11.8 Å². The number of halogens is 3. The van der Waals surface area contributed by atoms with Gasteiger partial charge in [0.1, 0.15) is 5.75 Å². The number of aromatic nitrogens is 2. The topological polar surface area (TPSA) is 59.5 Å². The van der Waals surface area contributed by atoms with E-state index in [0.717, 1.165) is 49.8 Å². The maximum Gasteiger partial charge on any atom is 0.416 e. The summed E-state index contributed by atoms with van der Waals surface area (Å²) >= 11 is 0. The number of rotatable bonds is 5. The molecule has 2 aromatic carbocycles. The number of alkyl halides is 3. The Kier molecular flexibility index (Phi) is 5.71. The zero-order chi connectivity index (χ0) is 21.0. The first kappa shape index (κ1) is 20.0. The first-order valence-electron chi connectivity index (χ1n) is 9.35. The van der Waals surface area contributed by atoms with Gasteiger partial charge in [-0.15, -0.1) is 0 Å². The van der Waals surface area contributed by atoms with Crippen molar-refractivity contribution in [2.75, 3.05) is 36.5 Å². The SMILES string of the molecule is FC(F)(F)c1ccc(Oc2ccnc(Nc3ccc(N4CCOCC4)cc3)n2)cc1. The molecule has 0 unspecified atom stereocenters. The number of ether oxygens (including phenoxy) is 2. The van der Waals surface area contributed by atoms with Gasteiger partial charge in [0, 0.05) is 36.7 Å². The molecule has 0 atom stereocenters. The van der Waals surface area contributed by atoms with Crippen molar-refractivity contribution in [2.45, 2.75) is 6.18 Å². The fourth-order valence-corrected chi connectivity index (χ4v) is 3.00. The molecule has 0 spiro atoms. The molecular weight excluding hydrogens is 397 g/mol. The van der Waals surface area contributed by atoms with E-state index in [1.165, 1.54) is 24.4 Å². The quantitative estimate of drug-likeness (QED) is 0.641. The molecule has 2 heterocycles. The minimum Gasteiger partial charge on any atom is -0.439 e. The van der Waals surface area contributed by atoms with E-state index in [0.29, 0.717) is 5.95 Å². The third-order valence-electron chi connectivity index (χ3n) is 4.53. The summed E-state index contributed by atoms with van der Waals surface area (Å²) in [6.45, 7) is 3.16. The second kappa shape index (κ2) is 8.58. The Balaban J connectivity index is 1.41. The van der Waals surface area contributed by atoms with Gasteiger partial charge in [0.25, 0.3) is 0 Å². The molecule has 30 heavy (non-hydrogen) atoms. The molecule has 0 amide bonds. The molecule has 1 aliphatic rings. The van der Waals surface area contributed by atoms with Gasteiger partial charge in [-0.05, 0) is 48.5 Å². The average molecular weight is 416 g/mol. The average Bonchev–Trinajstić information content (AvgIpc) is 2.75. The Morgan fingerprint density at radius 1 is 0.933 bits per heavy atom. The van der Waals surface area contributed by atoms with Crippen LogP contribution in [0.4, 0.5) is 30.5 Å². The maximum atomic E-state index is 12.7. The van der Waals surface area contributed by atoms with Crippen molar-refractivity contribution >= 4 is 17.3 Å². The second-order valence-corrected chi connectivity index (χ2v) is 6.61. The van der Waals surface area contributed by atoms with Crippen LogP contribution in [-0.4, -0.2) is 36.3 Å². The van der Waals surface area contributed by atoms with Gasteiger partial charge in [0.15, 0.2) is 0 Å². The maximum absolute atomic E-state index is 12.7. The van der Waals surface area contributed by atoms with Crippen molar-refractivity contribution in [1.29, 1.82) is 0 Å². The molecule has 3 aromatic rings. The molecular formula is C21H19F3N4O2. The Hall–Kier alpha value is -3.33. The fraction of sp³-hybridized carbons (Fsp3) is 0.238. The predicted molar refractivity (Wildman–Crippen MR) is 106 cm³/mol. The Morgan fingerprint density at radius 2 is 1.63 bits per heavy atom. The van der Waals surface area contributed by atoms with Gasteiger partial charge in [-0.1, -0.05) is 0 Å². The minimum absolute atomic E-state index is 0.220. The number of hydrogen-bond acceptors (Lipinski definition) is 6. The molecule has 1 aromatic heterocycles. The van der Waals surface area contributed by atoms with Crippen LogP contribution in [0.1, 0.15) is 5.56 Å². The number of hydrogen-bond donors (Lipinski definition) is 1. The fourth-order valence-electron chi connectivity index (χ4n) is 3.00. The van der Waals surface area contributed by atoms with E-state index in [1.807, 2.05) is 24.3 Å². The highest BCUT2D eigenvalue weighted by molar-refractivity contribution is 5.59. The molecule has 156 valence electrons. The van der Waals surface area contributed by atoms with Crippen LogP contribution in [0.2, 0.25) is 0 Å². The summed E-state index contributed by atoms with van der Waals surface area (Å²) in [5, 5.41) is 3.10. The summed E-state index contributed by atoms with van der Waals surface area (Å²) in [7, 11) is 0. The van der Waals surface area contributed by atoms with E-state index in [9.17, 15) is 13.2 Å². The highest BCUT2D eigenvalue weighted by atomic mass is 19.4. The molecule has 0 aliphatic carbocycles. The molecule has 1 fully saturated rings. The van der Waals surface area contributed by atoms with Crippen molar-refractivity contribution in [3.63, 3.8) is 0 Å². The molecule has 6 nitrogen and oxygen atoms in total. The lowest BCUT2D eigenvalue weighted by Crippen LogP contribution is -2.36. The standard InChI is InChI=1S/C21H19F3N4O2/c22-21(23,24)15-1-7-18(8-2-15)30-19-9-10-25-20(27-19)26-16-3-5-17(6-4-16)28-11-13-29-14-12-28/h1-10H,11-14H2,(H,25,26,27). The Bertz CT molecular complexity index is 973. The number of anilines is 3. The molecule has 0 bridgehead atoms. The van der Waals surface area contributed by atoms with Crippen LogP contribution in [0, 0.1) is 0 Å². The summed E-state index contributed by atoms with van der Waals surface area (Å²) in [4.78, 5) is 10.7. The van der Waals surface area contributed by atoms with E-state index in [2.05, 4.69) is 20.2 Å². The van der Waals surface area contributed by atoms with Crippen LogP contribution in [0.15, 0.2) is 60.8 Å². The summed E-state index contributed by atoms with van der Waals surface area (Å²) in [6, 6.07) is 13.8. The zero-order valence-corrected chi connectivity index (χ0v) is 15.9. The van der Waals surface area contributed by atoms with Gasteiger partial charge in [-0.2, -0.15) is 18.2 Å². The smallest absolute Gasteiger partial charge is 0.416 e. The van der Waals surface area contributed by atoms with Crippen LogP contribution < -0.4 is 15.0 Å². The third kappa shape index (κ3) is 4.98. The number of benzene rings is 2. The first-order chi connectivity index (χ1) is 14.5. The van der Waals surface area contributed by atoms with E-state index >= 15 is 0 Å². The number of nitrogens with one attached hydrogen (secondary N) is 1. The lowest BCUT2D eigenvalue weighted by Gasteiger charge is -2.28. The van der Waals surface area contributed by atoms with Crippen molar-refractivity contribution in [2.24, 2.45) is 0 Å². The van der Waals surface area contributed by atoms with Crippen LogP contribution in [0.5, 0.6) is 11.6 Å². The van der Waals surface area contributed by atoms with Gasteiger partial charge < -0.3 is 19.7 Å². The van der Waals surface area contributed by atoms with Gasteiger partial charge in [-0.25, -0.2) is 4.98 Å². The first-order valence-corrected chi connectivity index (χ1v) is 9.35. The summed E-state index contributed by atoms with van der Waals surface area (Å²) < 4.78 is 48.9. The summed E-state index contributed by atoms with van der Waals surface area (Å²) in [5.74, 6) is 0.790. The number of nitrogens with zero attached hydrogens (tertiary/aromatic N) is 3. The van der Waals surface area contributed by atoms with E-state index in [4.69, 9.17) is 9.47 Å². The highest BCUT2D eigenvalue weighted by Crippen LogP contribution is 2.31. The Labute approximate surface area is 171 Å². The third-order valence-corrected chi connectivity index (χ3v) is 4.53. The van der Waals surface area contributed by atoms with Crippen molar-refractivity contribution in [1.82, 2.24) is 9.97 Å². The Morgan fingerprint density at radius 3 is 2.30 bits per heavy atom. The van der Waals surface area contributed by atoms with E-state index in [-0.39, 0.29) is 11.6 Å². The molecule has 1 N–H and O–H groups in total. The number of morpholine rings is 1. The van der Waals surface area contributed by atoms with Crippen LogP contribution in [0.25, 0.3) is 0 Å². The minimum atomic E-state index is -4.39. The molecule has 9 heteroatoms. The lowest BCUT2D eigenvalue weighted by atomic mass is 10.2. The van der Waals surface area contributed by atoms with Crippen molar-refractivity contribution < 1.29 is 22.6 Å².